The summed E-state index contributed by atoms with van der Waals surface area (Å²) >= 11 is 0.929. The Hall–Kier alpha value is -1.97. The number of rotatable bonds is 6. The van der Waals surface area contributed by atoms with Crippen molar-refractivity contribution in [2.75, 3.05) is 11.5 Å². The van der Waals surface area contributed by atoms with Crippen molar-refractivity contribution in [3.05, 3.63) is 0 Å². The number of thioether (sulfide) groups is 1. The summed E-state index contributed by atoms with van der Waals surface area (Å²) in [6.07, 6.45) is -0.864. The van der Waals surface area contributed by atoms with Crippen LogP contribution in [0.5, 0.6) is 0 Å². The summed E-state index contributed by atoms with van der Waals surface area (Å²) in [4.78, 5) is 44.0. The van der Waals surface area contributed by atoms with Gasteiger partial charge in [0.05, 0.1) is 5.75 Å². The maximum Gasteiger partial charge on any atom is 0.408 e. The van der Waals surface area contributed by atoms with E-state index in [0.29, 0.717) is 0 Å². The number of hydrogen-bond acceptors (Lipinski definition) is 6. The molecule has 0 saturated carbocycles. The average molecular weight is 321 g/mol. The van der Waals surface area contributed by atoms with Crippen molar-refractivity contribution < 1.29 is 29.0 Å². The molecule has 0 rings (SSSR count). The molecule has 1 unspecified atom stereocenters. The van der Waals surface area contributed by atoms with Crippen molar-refractivity contribution in [2.45, 2.75) is 32.4 Å². The molecule has 0 spiro atoms. The normalized spacial score (nSPS) is 12.1. The van der Waals surface area contributed by atoms with E-state index in [9.17, 15) is 19.2 Å². The van der Waals surface area contributed by atoms with Crippen LogP contribution in [-0.2, 0) is 14.3 Å². The summed E-state index contributed by atoms with van der Waals surface area (Å²) in [5.74, 6) is -2.14. The standard InChI is InChI=1S/C11H19N3O6S/c1-11(2,3)20-10(19)13-6(8(16)17)4-21-5-7(15)14-9(12)18/h6H,4-5H2,1-3H3,(H,13,19)(H,16,17)(H3,12,14,15,18). The summed E-state index contributed by atoms with van der Waals surface area (Å²) < 4.78 is 4.94. The Bertz CT molecular complexity index is 421. The topological polar surface area (TPSA) is 148 Å². The van der Waals surface area contributed by atoms with Gasteiger partial charge in [0.2, 0.25) is 5.91 Å². The van der Waals surface area contributed by atoms with Gasteiger partial charge >= 0.3 is 18.1 Å². The molecule has 0 fully saturated rings. The summed E-state index contributed by atoms with van der Waals surface area (Å²) in [5.41, 5.74) is 4.00. The summed E-state index contributed by atoms with van der Waals surface area (Å²) in [7, 11) is 0. The highest BCUT2D eigenvalue weighted by Gasteiger charge is 2.24. The maximum absolute atomic E-state index is 11.5. The van der Waals surface area contributed by atoms with Gasteiger partial charge < -0.3 is 20.9 Å². The minimum atomic E-state index is -1.26. The van der Waals surface area contributed by atoms with E-state index in [1.807, 2.05) is 5.32 Å². The fourth-order valence-corrected chi connectivity index (χ4v) is 1.90. The van der Waals surface area contributed by atoms with Crippen LogP contribution < -0.4 is 16.4 Å². The van der Waals surface area contributed by atoms with Gasteiger partial charge in [0, 0.05) is 5.75 Å². The first-order valence-corrected chi connectivity index (χ1v) is 7.06. The highest BCUT2D eigenvalue weighted by Crippen LogP contribution is 2.08. The molecule has 10 heteroatoms. The molecule has 0 aromatic carbocycles. The number of alkyl carbamates (subject to hydrolysis) is 1. The quantitative estimate of drug-likeness (QED) is 0.533. The zero-order valence-corrected chi connectivity index (χ0v) is 12.8. The number of carbonyl (C=O) groups is 4. The lowest BCUT2D eigenvalue weighted by atomic mass is 10.2. The van der Waals surface area contributed by atoms with Crippen molar-refractivity contribution in [1.82, 2.24) is 10.6 Å². The summed E-state index contributed by atoms with van der Waals surface area (Å²) in [6, 6.07) is -2.20. The number of carboxylic acid groups (broad SMARTS) is 1. The van der Waals surface area contributed by atoms with E-state index in [4.69, 9.17) is 15.6 Å². The largest absolute Gasteiger partial charge is 0.480 e. The Morgan fingerprint density at radius 1 is 1.29 bits per heavy atom. The highest BCUT2D eigenvalue weighted by molar-refractivity contribution is 8.00. The molecule has 0 aliphatic carbocycles. The fraction of sp³-hybridized carbons (Fsp3) is 0.636. The number of carboxylic acids is 1. The molecule has 0 heterocycles. The molecular formula is C11H19N3O6S. The number of imide groups is 1. The second kappa shape index (κ2) is 8.35. The second-order valence-corrected chi connectivity index (χ2v) is 5.99. The molecule has 0 aliphatic rings. The number of ether oxygens (including phenoxy) is 1. The third-order valence-corrected chi connectivity index (χ3v) is 2.80. The van der Waals surface area contributed by atoms with E-state index in [-0.39, 0.29) is 11.5 Å². The number of amides is 4. The Kier molecular flexibility index (Phi) is 7.56. The Morgan fingerprint density at radius 3 is 2.29 bits per heavy atom. The van der Waals surface area contributed by atoms with Gasteiger partial charge in [0.1, 0.15) is 11.6 Å². The molecule has 9 nitrogen and oxygen atoms in total. The van der Waals surface area contributed by atoms with E-state index in [1.54, 1.807) is 20.8 Å². The van der Waals surface area contributed by atoms with E-state index < -0.39 is 35.6 Å². The first-order chi connectivity index (χ1) is 9.51. The molecule has 1 atom stereocenters. The number of carbonyl (C=O) groups excluding carboxylic acids is 3. The van der Waals surface area contributed by atoms with Crippen molar-refractivity contribution >= 4 is 35.8 Å². The van der Waals surface area contributed by atoms with Gasteiger partial charge in [-0.15, -0.1) is 11.8 Å². The Morgan fingerprint density at radius 2 is 1.86 bits per heavy atom. The monoisotopic (exact) mass is 321 g/mol. The lowest BCUT2D eigenvalue weighted by Gasteiger charge is -2.21. The Balaban J connectivity index is 4.26. The lowest BCUT2D eigenvalue weighted by molar-refractivity contribution is -0.138. The third kappa shape index (κ3) is 10.5. The predicted molar refractivity (Wildman–Crippen MR) is 75.8 cm³/mol. The molecule has 0 aromatic heterocycles. The van der Waals surface area contributed by atoms with Gasteiger partial charge in [0.15, 0.2) is 0 Å². The first kappa shape index (κ1) is 19.0. The zero-order valence-electron chi connectivity index (χ0n) is 12.0. The minimum Gasteiger partial charge on any atom is -0.480 e. The molecule has 120 valence electrons. The van der Waals surface area contributed by atoms with Gasteiger partial charge in [-0.2, -0.15) is 0 Å². The van der Waals surface area contributed by atoms with Crippen molar-refractivity contribution in [1.29, 1.82) is 0 Å². The number of primary amides is 1. The molecular weight excluding hydrogens is 302 g/mol. The lowest BCUT2D eigenvalue weighted by Crippen LogP contribution is -2.45. The summed E-state index contributed by atoms with van der Waals surface area (Å²) in [5, 5.41) is 13.0. The van der Waals surface area contributed by atoms with E-state index >= 15 is 0 Å². The van der Waals surface area contributed by atoms with Gasteiger partial charge in [0.25, 0.3) is 0 Å². The molecule has 0 aromatic rings. The van der Waals surface area contributed by atoms with Crippen molar-refractivity contribution in [2.24, 2.45) is 5.73 Å². The van der Waals surface area contributed by atoms with E-state index in [1.165, 1.54) is 0 Å². The van der Waals surface area contributed by atoms with E-state index in [2.05, 4.69) is 5.32 Å². The van der Waals surface area contributed by atoms with Gasteiger partial charge in [-0.3, -0.25) is 10.1 Å². The number of urea groups is 1. The van der Waals surface area contributed by atoms with Crippen LogP contribution in [0.4, 0.5) is 9.59 Å². The number of aliphatic carboxylic acids is 1. The van der Waals surface area contributed by atoms with E-state index in [0.717, 1.165) is 11.8 Å². The minimum absolute atomic E-state index is 0.0687. The van der Waals surface area contributed by atoms with Gasteiger partial charge in [-0.05, 0) is 20.8 Å². The maximum atomic E-state index is 11.5. The number of nitrogens with one attached hydrogen (secondary N) is 2. The van der Waals surface area contributed by atoms with Crippen LogP contribution >= 0.6 is 11.8 Å². The molecule has 0 radical (unpaired) electrons. The molecule has 5 N–H and O–H groups in total. The first-order valence-electron chi connectivity index (χ1n) is 5.90. The Labute approximate surface area is 126 Å². The second-order valence-electron chi connectivity index (χ2n) is 4.96. The third-order valence-electron chi connectivity index (χ3n) is 1.77. The predicted octanol–water partition coefficient (Wildman–Crippen LogP) is -0.108. The van der Waals surface area contributed by atoms with Crippen LogP contribution in [-0.4, -0.2) is 52.3 Å². The SMILES string of the molecule is CC(C)(C)OC(=O)NC(CSCC(=O)NC(N)=O)C(=O)O. The van der Waals surface area contributed by atoms with Crippen molar-refractivity contribution in [3.63, 3.8) is 0 Å². The van der Waals surface area contributed by atoms with Crippen LogP contribution in [0.2, 0.25) is 0 Å². The smallest absolute Gasteiger partial charge is 0.408 e. The van der Waals surface area contributed by atoms with Crippen LogP contribution in [0.1, 0.15) is 20.8 Å². The van der Waals surface area contributed by atoms with Crippen LogP contribution in [0.3, 0.4) is 0 Å². The molecule has 0 aliphatic heterocycles. The van der Waals surface area contributed by atoms with Crippen molar-refractivity contribution in [3.8, 4) is 0 Å². The number of nitrogens with two attached hydrogens (primary N) is 1. The molecule has 0 saturated heterocycles. The average Bonchev–Trinajstić information content (AvgIpc) is 2.23. The zero-order chi connectivity index (χ0) is 16.6. The molecule has 21 heavy (non-hydrogen) atoms. The fourth-order valence-electron chi connectivity index (χ4n) is 1.07. The highest BCUT2D eigenvalue weighted by atomic mass is 32.2. The van der Waals surface area contributed by atoms with Crippen LogP contribution in [0.15, 0.2) is 0 Å². The number of hydrogen-bond donors (Lipinski definition) is 4. The van der Waals surface area contributed by atoms with Gasteiger partial charge in [-0.25, -0.2) is 14.4 Å². The van der Waals surface area contributed by atoms with Crippen LogP contribution in [0, 0.1) is 0 Å². The van der Waals surface area contributed by atoms with Crippen LogP contribution in [0.25, 0.3) is 0 Å². The van der Waals surface area contributed by atoms with Gasteiger partial charge in [-0.1, -0.05) is 0 Å². The molecule has 0 bridgehead atoms. The molecule has 4 amide bonds. The summed E-state index contributed by atoms with van der Waals surface area (Å²) in [6.45, 7) is 4.93.